The molecule has 2 aromatic carbocycles. The summed E-state index contributed by atoms with van der Waals surface area (Å²) in [5.74, 6) is -2.09. The fourth-order valence-electron chi connectivity index (χ4n) is 2.95. The monoisotopic (exact) mass is 421 g/mol. The Morgan fingerprint density at radius 3 is 2.24 bits per heavy atom. The minimum Gasteiger partial charge on any atom is -0.395 e. The second-order valence-corrected chi connectivity index (χ2v) is 6.62. The van der Waals surface area contributed by atoms with Crippen molar-refractivity contribution in [3.05, 3.63) is 58.6 Å². The SMILES string of the molecule is Cc1ccc(-c2cnc(-c3cc4c(cc3Cl)OC(F)(F)O4)cn2)c(F)c1C(N)=O. The number of amides is 1. The van der Waals surface area contributed by atoms with Crippen molar-refractivity contribution in [3.63, 3.8) is 0 Å². The van der Waals surface area contributed by atoms with Gasteiger partial charge in [0.05, 0.1) is 34.4 Å². The van der Waals surface area contributed by atoms with Crippen molar-refractivity contribution in [2.45, 2.75) is 13.2 Å². The minimum atomic E-state index is -3.78. The van der Waals surface area contributed by atoms with Gasteiger partial charge >= 0.3 is 6.29 Å². The van der Waals surface area contributed by atoms with Crippen molar-refractivity contribution in [2.24, 2.45) is 5.73 Å². The maximum atomic E-state index is 14.7. The van der Waals surface area contributed by atoms with Gasteiger partial charge in [0.25, 0.3) is 5.91 Å². The molecule has 0 saturated heterocycles. The minimum absolute atomic E-state index is 0.0416. The fourth-order valence-corrected chi connectivity index (χ4v) is 3.20. The third kappa shape index (κ3) is 3.33. The first-order valence-corrected chi connectivity index (χ1v) is 8.55. The lowest BCUT2D eigenvalue weighted by Gasteiger charge is -2.09. The zero-order valence-electron chi connectivity index (χ0n) is 14.7. The molecule has 4 rings (SSSR count). The molecule has 1 aliphatic rings. The zero-order chi connectivity index (χ0) is 20.9. The molecule has 0 aliphatic carbocycles. The van der Waals surface area contributed by atoms with Crippen molar-refractivity contribution < 1.29 is 27.4 Å². The van der Waals surface area contributed by atoms with Gasteiger partial charge in [-0.3, -0.25) is 14.8 Å². The third-order valence-corrected chi connectivity index (χ3v) is 4.60. The van der Waals surface area contributed by atoms with E-state index in [-0.39, 0.29) is 44.6 Å². The van der Waals surface area contributed by atoms with Crippen molar-refractivity contribution in [1.29, 1.82) is 0 Å². The Labute approximate surface area is 167 Å². The Morgan fingerprint density at radius 2 is 1.66 bits per heavy atom. The number of halogens is 4. The van der Waals surface area contributed by atoms with Gasteiger partial charge in [-0.25, -0.2) is 4.39 Å². The summed E-state index contributed by atoms with van der Waals surface area (Å²) in [7, 11) is 0. The van der Waals surface area contributed by atoms with E-state index in [1.807, 2.05) is 0 Å². The lowest BCUT2D eigenvalue weighted by molar-refractivity contribution is -0.286. The van der Waals surface area contributed by atoms with E-state index in [0.29, 0.717) is 5.56 Å². The van der Waals surface area contributed by atoms with Crippen LogP contribution in [0.5, 0.6) is 11.5 Å². The Morgan fingerprint density at radius 1 is 1.07 bits per heavy atom. The van der Waals surface area contributed by atoms with E-state index in [0.717, 1.165) is 0 Å². The van der Waals surface area contributed by atoms with Crippen LogP contribution in [0.1, 0.15) is 15.9 Å². The predicted octanol–water partition coefficient (Wildman–Crippen LogP) is 4.33. The number of nitrogens with two attached hydrogens (primary N) is 1. The fraction of sp³-hybridized carbons (Fsp3) is 0.105. The van der Waals surface area contributed by atoms with E-state index >= 15 is 0 Å². The van der Waals surface area contributed by atoms with Gasteiger partial charge in [-0.05, 0) is 24.6 Å². The van der Waals surface area contributed by atoms with E-state index in [9.17, 15) is 18.0 Å². The number of aryl methyl sites for hydroxylation is 1. The van der Waals surface area contributed by atoms with Crippen molar-refractivity contribution in [1.82, 2.24) is 9.97 Å². The molecule has 0 saturated carbocycles. The molecule has 0 atom stereocenters. The van der Waals surface area contributed by atoms with Gasteiger partial charge in [-0.2, -0.15) is 0 Å². The molecule has 148 valence electrons. The van der Waals surface area contributed by atoms with Crippen LogP contribution in [0.2, 0.25) is 5.02 Å². The third-order valence-electron chi connectivity index (χ3n) is 4.29. The van der Waals surface area contributed by atoms with E-state index in [4.69, 9.17) is 17.3 Å². The highest BCUT2D eigenvalue weighted by Crippen LogP contribution is 2.45. The van der Waals surface area contributed by atoms with Gasteiger partial charge in [0.1, 0.15) is 5.82 Å². The molecule has 3 aromatic rings. The largest absolute Gasteiger partial charge is 0.586 e. The molecule has 29 heavy (non-hydrogen) atoms. The van der Waals surface area contributed by atoms with Crippen molar-refractivity contribution >= 4 is 17.5 Å². The van der Waals surface area contributed by atoms with Crippen LogP contribution in [0, 0.1) is 12.7 Å². The molecule has 2 heterocycles. The smallest absolute Gasteiger partial charge is 0.395 e. The predicted molar refractivity (Wildman–Crippen MR) is 97.3 cm³/mol. The summed E-state index contributed by atoms with van der Waals surface area (Å²) in [5, 5.41) is 0.0876. The molecule has 6 nitrogen and oxygen atoms in total. The Kier molecular flexibility index (Phi) is 4.34. The summed E-state index contributed by atoms with van der Waals surface area (Å²) in [5.41, 5.74) is 6.11. The van der Waals surface area contributed by atoms with Crippen LogP contribution in [-0.2, 0) is 0 Å². The molecule has 0 bridgehead atoms. The van der Waals surface area contributed by atoms with Crippen LogP contribution >= 0.6 is 11.6 Å². The molecule has 0 spiro atoms. The molecule has 1 aliphatic heterocycles. The molecular formula is C19H11ClF3N3O3. The number of hydrogen-bond donors (Lipinski definition) is 1. The first-order valence-electron chi connectivity index (χ1n) is 8.17. The average molecular weight is 422 g/mol. The first-order chi connectivity index (χ1) is 13.7. The van der Waals surface area contributed by atoms with Gasteiger partial charge in [0.15, 0.2) is 11.5 Å². The number of ether oxygens (including phenoxy) is 2. The number of hydrogen-bond acceptors (Lipinski definition) is 5. The molecule has 1 amide bonds. The van der Waals surface area contributed by atoms with Gasteiger partial charge in [0, 0.05) is 17.2 Å². The van der Waals surface area contributed by atoms with E-state index in [1.165, 1.54) is 30.6 Å². The molecule has 2 N–H and O–H groups in total. The number of alkyl halides is 2. The van der Waals surface area contributed by atoms with Crippen molar-refractivity contribution in [3.8, 4) is 34.0 Å². The molecule has 0 radical (unpaired) electrons. The Bertz CT molecular complexity index is 1150. The zero-order valence-corrected chi connectivity index (χ0v) is 15.4. The van der Waals surface area contributed by atoms with Gasteiger partial charge in [-0.15, -0.1) is 8.78 Å². The summed E-state index contributed by atoms with van der Waals surface area (Å²) in [6.07, 6.45) is -1.22. The molecule has 1 aromatic heterocycles. The van der Waals surface area contributed by atoms with E-state index in [2.05, 4.69) is 19.4 Å². The maximum absolute atomic E-state index is 14.7. The molecule has 0 fully saturated rings. The molecular weight excluding hydrogens is 411 g/mol. The number of fused-ring (bicyclic) bond motifs is 1. The highest BCUT2D eigenvalue weighted by atomic mass is 35.5. The highest BCUT2D eigenvalue weighted by molar-refractivity contribution is 6.33. The second kappa shape index (κ2) is 6.63. The number of nitrogens with zero attached hydrogens (tertiary/aromatic N) is 2. The summed E-state index contributed by atoms with van der Waals surface area (Å²) in [6.45, 7) is 1.56. The highest BCUT2D eigenvalue weighted by Gasteiger charge is 2.44. The normalized spacial score (nSPS) is 14.1. The summed E-state index contributed by atoms with van der Waals surface area (Å²) < 4.78 is 49.9. The summed E-state index contributed by atoms with van der Waals surface area (Å²) in [4.78, 5) is 19.8. The number of benzene rings is 2. The standard InChI is InChI=1S/C19H11ClF3N3O3/c1-8-2-3-9(17(21)16(8)18(24)27)12-6-26-13(7-25-12)10-4-14-15(5-11(10)20)29-19(22,23)28-14/h2-7H,1H3,(H2,24,27). The van der Waals surface area contributed by atoms with Crippen LogP contribution in [0.15, 0.2) is 36.7 Å². The maximum Gasteiger partial charge on any atom is 0.586 e. The van der Waals surface area contributed by atoms with E-state index < -0.39 is 18.0 Å². The van der Waals surface area contributed by atoms with Crippen LogP contribution < -0.4 is 15.2 Å². The first kappa shape index (κ1) is 19.0. The number of rotatable bonds is 3. The quantitative estimate of drug-likeness (QED) is 0.680. The topological polar surface area (TPSA) is 87.3 Å². The second-order valence-electron chi connectivity index (χ2n) is 6.22. The summed E-state index contributed by atoms with van der Waals surface area (Å²) >= 11 is 6.13. The number of aromatic nitrogens is 2. The lowest BCUT2D eigenvalue weighted by atomic mass is 10.0. The Hall–Kier alpha value is -3.33. The Balaban J connectivity index is 1.72. The van der Waals surface area contributed by atoms with Crippen LogP contribution in [0.25, 0.3) is 22.5 Å². The van der Waals surface area contributed by atoms with Crippen molar-refractivity contribution in [2.75, 3.05) is 0 Å². The summed E-state index contributed by atoms with van der Waals surface area (Å²) in [6, 6.07) is 5.43. The van der Waals surface area contributed by atoms with Gasteiger partial charge < -0.3 is 15.2 Å². The number of carbonyl (C=O) groups excluding carboxylic acids is 1. The number of carbonyl (C=O) groups is 1. The van der Waals surface area contributed by atoms with E-state index in [1.54, 1.807) is 13.0 Å². The molecule has 10 heteroatoms. The van der Waals surface area contributed by atoms with Crippen LogP contribution in [-0.4, -0.2) is 22.2 Å². The molecule has 0 unspecified atom stereocenters. The van der Waals surface area contributed by atoms with Gasteiger partial charge in [-0.1, -0.05) is 17.7 Å². The van der Waals surface area contributed by atoms with Gasteiger partial charge in [0.2, 0.25) is 0 Å². The number of primary amides is 1. The van der Waals surface area contributed by atoms with Crippen LogP contribution in [0.3, 0.4) is 0 Å². The van der Waals surface area contributed by atoms with Crippen LogP contribution in [0.4, 0.5) is 13.2 Å². The lowest BCUT2D eigenvalue weighted by Crippen LogP contribution is -2.25. The average Bonchev–Trinajstić information content (AvgIpc) is 2.94.